The molecule has 0 saturated carbocycles. The zero-order valence-corrected chi connectivity index (χ0v) is 10.5. The maximum absolute atomic E-state index is 5.88. The molecule has 15 heavy (non-hydrogen) atoms. The van der Waals surface area contributed by atoms with Crippen molar-refractivity contribution in [3.63, 3.8) is 0 Å². The third-order valence-corrected chi connectivity index (χ3v) is 3.47. The summed E-state index contributed by atoms with van der Waals surface area (Å²) in [7, 11) is 0. The van der Waals surface area contributed by atoms with Gasteiger partial charge in [-0.25, -0.2) is 0 Å². The van der Waals surface area contributed by atoms with Crippen molar-refractivity contribution < 1.29 is 0 Å². The first-order valence-electron chi connectivity index (χ1n) is 5.64. The minimum absolute atomic E-state index is 0.385. The summed E-state index contributed by atoms with van der Waals surface area (Å²) in [6.07, 6.45) is 6.69. The first-order valence-corrected chi connectivity index (χ1v) is 6.87. The van der Waals surface area contributed by atoms with Crippen LogP contribution in [0.3, 0.4) is 0 Å². The molecule has 0 aromatic heterocycles. The highest BCUT2D eigenvalue weighted by atomic mass is 32.2. The van der Waals surface area contributed by atoms with E-state index in [2.05, 4.69) is 37.4 Å². The molecule has 1 aromatic rings. The number of benzene rings is 1. The number of nitrogens with two attached hydrogens (primary N) is 1. The van der Waals surface area contributed by atoms with Crippen LogP contribution in [0.1, 0.15) is 31.7 Å². The summed E-state index contributed by atoms with van der Waals surface area (Å²) in [6.45, 7) is 2.15. The van der Waals surface area contributed by atoms with E-state index in [1.807, 2.05) is 0 Å². The monoisotopic (exact) mass is 223 g/mol. The summed E-state index contributed by atoms with van der Waals surface area (Å²) in [4.78, 5) is 1.34. The van der Waals surface area contributed by atoms with E-state index in [1.165, 1.54) is 16.9 Å². The third kappa shape index (κ3) is 4.72. The Hall–Kier alpha value is -0.470. The number of aryl methyl sites for hydroxylation is 1. The summed E-state index contributed by atoms with van der Waals surface area (Å²) in [5.41, 5.74) is 7.31. The Balaban J connectivity index is 2.31. The van der Waals surface area contributed by atoms with Gasteiger partial charge in [0.15, 0.2) is 0 Å². The molecule has 0 amide bonds. The molecule has 0 heterocycles. The lowest BCUT2D eigenvalue weighted by molar-refractivity contribution is 0.568. The molecule has 2 heteroatoms. The van der Waals surface area contributed by atoms with Crippen LogP contribution in [0.15, 0.2) is 29.2 Å². The molecular formula is C13H21NS. The van der Waals surface area contributed by atoms with Crippen LogP contribution in [-0.4, -0.2) is 12.3 Å². The molecule has 0 aliphatic heterocycles. The van der Waals surface area contributed by atoms with E-state index in [0.29, 0.717) is 6.04 Å². The predicted octanol–water partition coefficient (Wildman–Crippen LogP) is 3.47. The average Bonchev–Trinajstić information content (AvgIpc) is 2.29. The minimum atomic E-state index is 0.385. The van der Waals surface area contributed by atoms with Crippen LogP contribution in [0.2, 0.25) is 0 Å². The van der Waals surface area contributed by atoms with Crippen LogP contribution in [-0.2, 0) is 6.42 Å². The van der Waals surface area contributed by atoms with Crippen LogP contribution < -0.4 is 5.73 Å². The Morgan fingerprint density at radius 1 is 1.27 bits per heavy atom. The second-order valence-corrected chi connectivity index (χ2v) is 4.79. The van der Waals surface area contributed by atoms with Crippen LogP contribution in [0.4, 0.5) is 0 Å². The second-order valence-electron chi connectivity index (χ2n) is 3.91. The highest BCUT2D eigenvalue weighted by Gasteiger charge is 1.99. The molecule has 1 nitrogen and oxygen atoms in total. The summed E-state index contributed by atoms with van der Waals surface area (Å²) < 4.78 is 0. The summed E-state index contributed by atoms with van der Waals surface area (Å²) in [5, 5.41) is 0. The van der Waals surface area contributed by atoms with Crippen molar-refractivity contribution in [2.45, 2.75) is 43.5 Å². The Morgan fingerprint density at radius 2 is 1.93 bits per heavy atom. The van der Waals surface area contributed by atoms with Crippen molar-refractivity contribution in [3.8, 4) is 0 Å². The highest BCUT2D eigenvalue weighted by molar-refractivity contribution is 7.98. The quantitative estimate of drug-likeness (QED) is 0.747. The molecule has 0 saturated heterocycles. The maximum Gasteiger partial charge on any atom is 0.00693 e. The minimum Gasteiger partial charge on any atom is -0.328 e. The molecule has 1 rings (SSSR count). The lowest BCUT2D eigenvalue weighted by Crippen LogP contribution is -2.18. The molecule has 84 valence electrons. The summed E-state index contributed by atoms with van der Waals surface area (Å²) >= 11 is 1.79. The predicted molar refractivity (Wildman–Crippen MR) is 69.4 cm³/mol. The van der Waals surface area contributed by atoms with E-state index in [0.717, 1.165) is 19.3 Å². The van der Waals surface area contributed by atoms with Crippen LogP contribution in [0.25, 0.3) is 0 Å². The average molecular weight is 223 g/mol. The zero-order chi connectivity index (χ0) is 11.1. The normalized spacial score (nSPS) is 12.7. The number of thioether (sulfide) groups is 1. The van der Waals surface area contributed by atoms with Gasteiger partial charge in [0.25, 0.3) is 0 Å². The molecule has 2 N–H and O–H groups in total. The Kier molecular flexibility index (Phi) is 5.81. The maximum atomic E-state index is 5.88. The molecule has 1 unspecified atom stereocenters. The molecule has 1 aromatic carbocycles. The highest BCUT2D eigenvalue weighted by Crippen LogP contribution is 2.16. The fraction of sp³-hybridized carbons (Fsp3) is 0.538. The summed E-state index contributed by atoms with van der Waals surface area (Å²) in [5.74, 6) is 0. The van der Waals surface area contributed by atoms with Crippen molar-refractivity contribution in [1.29, 1.82) is 0 Å². The van der Waals surface area contributed by atoms with E-state index < -0.39 is 0 Å². The first-order chi connectivity index (χ1) is 7.26. The molecule has 0 aliphatic rings. The zero-order valence-electron chi connectivity index (χ0n) is 9.70. The second kappa shape index (κ2) is 6.91. The first kappa shape index (κ1) is 12.6. The van der Waals surface area contributed by atoms with Crippen LogP contribution in [0.5, 0.6) is 0 Å². The van der Waals surface area contributed by atoms with Gasteiger partial charge in [-0.2, -0.15) is 0 Å². The summed E-state index contributed by atoms with van der Waals surface area (Å²) in [6, 6.07) is 9.22. The van der Waals surface area contributed by atoms with Gasteiger partial charge in [0.1, 0.15) is 0 Å². The van der Waals surface area contributed by atoms with Crippen LogP contribution >= 0.6 is 11.8 Å². The smallest absolute Gasteiger partial charge is 0.00693 e. The van der Waals surface area contributed by atoms with Gasteiger partial charge in [-0.3, -0.25) is 0 Å². The van der Waals surface area contributed by atoms with Gasteiger partial charge in [-0.15, -0.1) is 11.8 Å². The molecule has 0 radical (unpaired) electrons. The molecular weight excluding hydrogens is 202 g/mol. The van der Waals surface area contributed by atoms with E-state index in [4.69, 9.17) is 5.73 Å². The van der Waals surface area contributed by atoms with Crippen molar-refractivity contribution >= 4 is 11.8 Å². The SMILES string of the molecule is CCC(N)CCCc1ccc(SC)cc1. The standard InChI is InChI=1S/C13H21NS/c1-3-12(14)6-4-5-11-7-9-13(15-2)10-8-11/h7-10,12H,3-6,14H2,1-2H3. The van der Waals surface area contributed by atoms with Gasteiger partial charge in [0.05, 0.1) is 0 Å². The number of hydrogen-bond acceptors (Lipinski definition) is 2. The molecule has 0 bridgehead atoms. The van der Waals surface area contributed by atoms with E-state index in [-0.39, 0.29) is 0 Å². The van der Waals surface area contributed by atoms with Crippen molar-refractivity contribution in [2.24, 2.45) is 5.73 Å². The largest absolute Gasteiger partial charge is 0.328 e. The number of rotatable bonds is 6. The Bertz CT molecular complexity index is 268. The molecule has 1 atom stereocenters. The molecule has 0 fully saturated rings. The molecule has 0 spiro atoms. The van der Waals surface area contributed by atoms with Crippen molar-refractivity contribution in [2.75, 3.05) is 6.26 Å². The molecule has 0 aliphatic carbocycles. The van der Waals surface area contributed by atoms with Crippen molar-refractivity contribution in [1.82, 2.24) is 0 Å². The van der Waals surface area contributed by atoms with E-state index in [9.17, 15) is 0 Å². The van der Waals surface area contributed by atoms with Gasteiger partial charge in [0.2, 0.25) is 0 Å². The van der Waals surface area contributed by atoms with Crippen molar-refractivity contribution in [3.05, 3.63) is 29.8 Å². The lowest BCUT2D eigenvalue weighted by atomic mass is 10.0. The van der Waals surface area contributed by atoms with Gasteiger partial charge >= 0.3 is 0 Å². The van der Waals surface area contributed by atoms with Crippen LogP contribution in [0, 0.1) is 0 Å². The van der Waals surface area contributed by atoms with E-state index in [1.54, 1.807) is 11.8 Å². The van der Waals surface area contributed by atoms with Gasteiger partial charge in [-0.05, 0) is 49.6 Å². The van der Waals surface area contributed by atoms with Gasteiger partial charge in [-0.1, -0.05) is 19.1 Å². The lowest BCUT2D eigenvalue weighted by Gasteiger charge is -2.08. The van der Waals surface area contributed by atoms with E-state index >= 15 is 0 Å². The number of hydrogen-bond donors (Lipinski definition) is 1. The Morgan fingerprint density at radius 3 is 2.47 bits per heavy atom. The fourth-order valence-electron chi connectivity index (χ4n) is 1.56. The third-order valence-electron chi connectivity index (χ3n) is 2.72. The Labute approximate surface area is 97.4 Å². The topological polar surface area (TPSA) is 26.0 Å². The fourth-order valence-corrected chi connectivity index (χ4v) is 1.97. The van der Waals surface area contributed by atoms with Gasteiger partial charge < -0.3 is 5.73 Å². The van der Waals surface area contributed by atoms with Gasteiger partial charge in [0, 0.05) is 10.9 Å².